The highest BCUT2D eigenvalue weighted by Gasteiger charge is 2.18. The molecule has 0 amide bonds. The van der Waals surface area contributed by atoms with Crippen molar-refractivity contribution in [3.05, 3.63) is 84.4 Å². The Balaban J connectivity index is 1.86. The Morgan fingerprint density at radius 1 is 0.774 bits per heavy atom. The van der Waals surface area contributed by atoms with E-state index in [1.807, 2.05) is 12.4 Å². The molecule has 6 aromatic rings. The molecule has 6 rings (SSSR count). The van der Waals surface area contributed by atoms with Crippen molar-refractivity contribution in [2.45, 2.75) is 26.7 Å². The van der Waals surface area contributed by atoms with Gasteiger partial charge in [0.15, 0.2) is 0 Å². The van der Waals surface area contributed by atoms with Gasteiger partial charge in [0.1, 0.15) is 12.0 Å². The molecule has 0 unspecified atom stereocenters. The second kappa shape index (κ2) is 6.88. The maximum atomic E-state index is 4.94. The van der Waals surface area contributed by atoms with E-state index >= 15 is 0 Å². The molecule has 31 heavy (non-hydrogen) atoms. The van der Waals surface area contributed by atoms with Crippen LogP contribution in [-0.4, -0.2) is 19.4 Å². The molecule has 150 valence electrons. The van der Waals surface area contributed by atoms with Crippen LogP contribution >= 0.6 is 0 Å². The standard InChI is InChI=1S/C27H22N4/c1-3-17-8-7-9-18(4-2)26(17)25-15-29-27-21-11-6-5-10-20(21)22-13-23-19(14-28-16-30-23)12-24(22)31(25)27/h5-16H,3-4H2,1-2H3. The normalized spacial score (nSPS) is 11.8. The van der Waals surface area contributed by atoms with Crippen molar-refractivity contribution in [2.75, 3.05) is 0 Å². The summed E-state index contributed by atoms with van der Waals surface area (Å²) in [7, 11) is 0. The van der Waals surface area contributed by atoms with Gasteiger partial charge < -0.3 is 0 Å². The fraction of sp³-hybridized carbons (Fsp3) is 0.148. The van der Waals surface area contributed by atoms with E-state index in [-0.39, 0.29) is 0 Å². The van der Waals surface area contributed by atoms with E-state index in [2.05, 4.69) is 82.8 Å². The lowest BCUT2D eigenvalue weighted by atomic mass is 9.95. The van der Waals surface area contributed by atoms with E-state index in [0.29, 0.717) is 0 Å². The number of hydrogen-bond donors (Lipinski definition) is 0. The molecule has 3 aromatic carbocycles. The maximum Gasteiger partial charge on any atom is 0.145 e. The summed E-state index contributed by atoms with van der Waals surface area (Å²) in [6, 6.07) is 19.5. The molecule has 3 heterocycles. The van der Waals surface area contributed by atoms with Gasteiger partial charge in [0.25, 0.3) is 0 Å². The SMILES string of the molecule is CCc1cccc(CC)c1-c1cnc2c3ccccc3c3cc4ncncc4cc3n12. The van der Waals surface area contributed by atoms with Crippen molar-refractivity contribution in [3.63, 3.8) is 0 Å². The van der Waals surface area contributed by atoms with Crippen LogP contribution in [0, 0.1) is 0 Å². The van der Waals surface area contributed by atoms with Gasteiger partial charge in [0.2, 0.25) is 0 Å². The third-order valence-corrected chi connectivity index (χ3v) is 6.34. The van der Waals surface area contributed by atoms with E-state index in [9.17, 15) is 0 Å². The minimum atomic E-state index is 0.955. The lowest BCUT2D eigenvalue weighted by molar-refractivity contribution is 1.08. The highest BCUT2D eigenvalue weighted by atomic mass is 15.0. The Hall–Kier alpha value is -3.79. The molecule has 0 aliphatic rings. The van der Waals surface area contributed by atoms with Crippen molar-refractivity contribution in [2.24, 2.45) is 0 Å². The monoisotopic (exact) mass is 402 g/mol. The van der Waals surface area contributed by atoms with Crippen molar-refractivity contribution in [1.29, 1.82) is 0 Å². The number of benzene rings is 3. The zero-order chi connectivity index (χ0) is 20.9. The molecule has 0 N–H and O–H groups in total. The van der Waals surface area contributed by atoms with Crippen LogP contribution in [-0.2, 0) is 12.8 Å². The van der Waals surface area contributed by atoms with E-state index in [1.165, 1.54) is 27.5 Å². The summed E-state index contributed by atoms with van der Waals surface area (Å²) in [6.45, 7) is 4.44. The van der Waals surface area contributed by atoms with Gasteiger partial charge in [-0.25, -0.2) is 15.0 Å². The van der Waals surface area contributed by atoms with Crippen molar-refractivity contribution >= 4 is 38.2 Å². The largest absolute Gasteiger partial charge is 0.292 e. The van der Waals surface area contributed by atoms with Gasteiger partial charge >= 0.3 is 0 Å². The molecule has 0 saturated heterocycles. The summed E-state index contributed by atoms with van der Waals surface area (Å²) in [5.74, 6) is 0. The van der Waals surface area contributed by atoms with Crippen molar-refractivity contribution in [3.8, 4) is 11.3 Å². The van der Waals surface area contributed by atoms with E-state index in [4.69, 9.17) is 4.98 Å². The predicted octanol–water partition coefficient (Wildman–Crippen LogP) is 6.38. The average molecular weight is 403 g/mol. The number of nitrogens with zero attached hydrogens (tertiary/aromatic N) is 4. The molecule has 0 aliphatic carbocycles. The zero-order valence-corrected chi connectivity index (χ0v) is 17.6. The Bertz CT molecular complexity index is 1590. The van der Waals surface area contributed by atoms with Crippen LogP contribution in [0.3, 0.4) is 0 Å². The minimum absolute atomic E-state index is 0.955. The van der Waals surface area contributed by atoms with Crippen LogP contribution < -0.4 is 0 Å². The fourth-order valence-corrected chi connectivity index (χ4v) is 4.86. The summed E-state index contributed by atoms with van der Waals surface area (Å²) in [6.07, 6.45) is 7.51. The first kappa shape index (κ1) is 18.0. The Morgan fingerprint density at radius 3 is 2.32 bits per heavy atom. The van der Waals surface area contributed by atoms with Crippen LogP contribution in [0.5, 0.6) is 0 Å². The fourth-order valence-electron chi connectivity index (χ4n) is 4.86. The molecular formula is C27H22N4. The lowest BCUT2D eigenvalue weighted by Crippen LogP contribution is -1.99. The minimum Gasteiger partial charge on any atom is -0.292 e. The van der Waals surface area contributed by atoms with Gasteiger partial charge in [-0.15, -0.1) is 0 Å². The predicted molar refractivity (Wildman–Crippen MR) is 127 cm³/mol. The first-order valence-corrected chi connectivity index (χ1v) is 10.8. The summed E-state index contributed by atoms with van der Waals surface area (Å²) < 4.78 is 2.33. The van der Waals surface area contributed by atoms with Gasteiger partial charge in [-0.05, 0) is 41.5 Å². The first-order valence-electron chi connectivity index (χ1n) is 10.8. The highest BCUT2D eigenvalue weighted by Crippen LogP contribution is 2.37. The van der Waals surface area contributed by atoms with Crippen LogP contribution in [0.25, 0.3) is 49.5 Å². The molecule has 4 heteroatoms. The van der Waals surface area contributed by atoms with Crippen LogP contribution in [0.15, 0.2) is 73.3 Å². The number of rotatable bonds is 3. The van der Waals surface area contributed by atoms with Crippen LogP contribution in [0.1, 0.15) is 25.0 Å². The molecule has 0 fully saturated rings. The molecular weight excluding hydrogens is 380 g/mol. The van der Waals surface area contributed by atoms with Crippen LogP contribution in [0.4, 0.5) is 0 Å². The summed E-state index contributed by atoms with van der Waals surface area (Å²) in [4.78, 5) is 13.7. The van der Waals surface area contributed by atoms with Crippen LogP contribution in [0.2, 0.25) is 0 Å². The third kappa shape index (κ3) is 2.58. The third-order valence-electron chi connectivity index (χ3n) is 6.34. The Kier molecular flexibility index (Phi) is 4.00. The molecule has 3 aromatic heterocycles. The highest BCUT2D eigenvalue weighted by molar-refractivity contribution is 6.15. The summed E-state index contributed by atoms with van der Waals surface area (Å²) in [5.41, 5.74) is 8.24. The smallest absolute Gasteiger partial charge is 0.145 e. The van der Waals surface area contributed by atoms with Gasteiger partial charge in [0.05, 0.1) is 22.9 Å². The molecule has 0 saturated carbocycles. The van der Waals surface area contributed by atoms with Gasteiger partial charge in [-0.2, -0.15) is 0 Å². The van der Waals surface area contributed by atoms with E-state index in [0.717, 1.165) is 46.0 Å². The van der Waals surface area contributed by atoms with Gasteiger partial charge in [-0.1, -0.05) is 56.3 Å². The number of hydrogen-bond acceptors (Lipinski definition) is 3. The van der Waals surface area contributed by atoms with E-state index in [1.54, 1.807) is 6.33 Å². The molecule has 0 radical (unpaired) electrons. The van der Waals surface area contributed by atoms with E-state index < -0.39 is 0 Å². The Morgan fingerprint density at radius 2 is 1.55 bits per heavy atom. The molecule has 0 aliphatic heterocycles. The molecule has 4 nitrogen and oxygen atoms in total. The second-order valence-electron chi connectivity index (χ2n) is 7.96. The summed E-state index contributed by atoms with van der Waals surface area (Å²) >= 11 is 0. The van der Waals surface area contributed by atoms with Gasteiger partial charge in [0, 0.05) is 27.9 Å². The Labute approximate surface area is 180 Å². The molecule has 0 atom stereocenters. The number of aryl methyl sites for hydroxylation is 2. The number of fused-ring (bicyclic) bond motifs is 7. The number of pyridine rings is 1. The molecule has 0 spiro atoms. The zero-order valence-electron chi connectivity index (χ0n) is 17.6. The lowest BCUT2D eigenvalue weighted by Gasteiger charge is -2.16. The van der Waals surface area contributed by atoms with Crippen molar-refractivity contribution < 1.29 is 0 Å². The topological polar surface area (TPSA) is 43.1 Å². The second-order valence-corrected chi connectivity index (χ2v) is 7.96. The first-order chi connectivity index (χ1) is 15.3. The number of aromatic nitrogens is 4. The molecule has 0 bridgehead atoms. The average Bonchev–Trinajstić information content (AvgIpc) is 3.27. The van der Waals surface area contributed by atoms with Crippen molar-refractivity contribution in [1.82, 2.24) is 19.4 Å². The van der Waals surface area contributed by atoms with Gasteiger partial charge in [-0.3, -0.25) is 4.40 Å². The number of imidazole rings is 1. The maximum absolute atomic E-state index is 4.94. The summed E-state index contributed by atoms with van der Waals surface area (Å²) in [5, 5.41) is 4.56. The quantitative estimate of drug-likeness (QED) is 0.255.